The van der Waals surface area contributed by atoms with Crippen molar-refractivity contribution in [1.29, 1.82) is 0 Å². The van der Waals surface area contributed by atoms with E-state index in [-0.39, 0.29) is 11.4 Å². The molecule has 3 rings (SSSR count). The summed E-state index contributed by atoms with van der Waals surface area (Å²) >= 11 is 1.41. The third-order valence-corrected chi connectivity index (χ3v) is 3.80. The van der Waals surface area contributed by atoms with Gasteiger partial charge in [0.05, 0.1) is 17.0 Å². The molecule has 3 aromatic rings. The van der Waals surface area contributed by atoms with Crippen LogP contribution in [0, 0.1) is 5.82 Å². The zero-order chi connectivity index (χ0) is 14.8. The largest absolute Gasteiger partial charge is 0.365 e. The molecule has 5 nitrogen and oxygen atoms in total. The van der Waals surface area contributed by atoms with Crippen LogP contribution in [0.2, 0.25) is 0 Å². The van der Waals surface area contributed by atoms with Gasteiger partial charge in [-0.05, 0) is 30.3 Å². The van der Waals surface area contributed by atoms with Crippen molar-refractivity contribution in [3.05, 3.63) is 51.9 Å². The SMILES string of the molecule is CNc1nc(-c2cc(-c3ccc(F)cc3)n[nH]c2=O)cs1. The summed E-state index contributed by atoms with van der Waals surface area (Å²) in [5.74, 6) is -0.318. The molecule has 0 spiro atoms. The first-order valence-corrected chi connectivity index (χ1v) is 7.04. The lowest BCUT2D eigenvalue weighted by molar-refractivity contribution is 0.628. The number of H-pyrrole nitrogens is 1. The van der Waals surface area contributed by atoms with Gasteiger partial charge in [0.15, 0.2) is 5.13 Å². The first-order valence-electron chi connectivity index (χ1n) is 6.16. The fraction of sp³-hybridized carbons (Fsp3) is 0.0714. The van der Waals surface area contributed by atoms with Crippen molar-refractivity contribution >= 4 is 16.5 Å². The van der Waals surface area contributed by atoms with Crippen LogP contribution >= 0.6 is 11.3 Å². The summed E-state index contributed by atoms with van der Waals surface area (Å²) < 4.78 is 13.0. The number of anilines is 1. The predicted molar refractivity (Wildman–Crippen MR) is 80.9 cm³/mol. The monoisotopic (exact) mass is 302 g/mol. The van der Waals surface area contributed by atoms with E-state index in [1.54, 1.807) is 30.6 Å². The second-order valence-electron chi connectivity index (χ2n) is 4.29. The molecular weight excluding hydrogens is 291 g/mol. The number of hydrogen-bond donors (Lipinski definition) is 2. The topological polar surface area (TPSA) is 70.7 Å². The van der Waals surface area contributed by atoms with Gasteiger partial charge in [0.25, 0.3) is 5.56 Å². The van der Waals surface area contributed by atoms with Gasteiger partial charge in [-0.3, -0.25) is 4.79 Å². The van der Waals surface area contributed by atoms with Crippen LogP contribution in [0.4, 0.5) is 9.52 Å². The molecule has 106 valence electrons. The normalized spacial score (nSPS) is 10.6. The third kappa shape index (κ3) is 2.68. The minimum absolute atomic E-state index is 0.311. The standard InChI is InChI=1S/C14H11FN4OS/c1-16-14-17-12(7-21-14)10-6-11(18-19-13(10)20)8-2-4-9(15)5-3-8/h2-7H,1H3,(H,16,17)(H,19,20). The number of aromatic nitrogens is 3. The van der Waals surface area contributed by atoms with Crippen molar-refractivity contribution in [2.75, 3.05) is 12.4 Å². The molecule has 2 heterocycles. The Morgan fingerprint density at radius 3 is 2.67 bits per heavy atom. The Morgan fingerprint density at radius 2 is 2.00 bits per heavy atom. The molecule has 0 saturated heterocycles. The van der Waals surface area contributed by atoms with E-state index in [0.29, 0.717) is 17.0 Å². The van der Waals surface area contributed by atoms with Gasteiger partial charge in [-0.2, -0.15) is 5.10 Å². The number of halogens is 1. The summed E-state index contributed by atoms with van der Waals surface area (Å²) in [5.41, 5.74) is 1.98. The Balaban J connectivity index is 2.07. The molecule has 21 heavy (non-hydrogen) atoms. The van der Waals surface area contributed by atoms with Crippen LogP contribution in [0.5, 0.6) is 0 Å². The third-order valence-electron chi connectivity index (χ3n) is 2.94. The molecule has 0 radical (unpaired) electrons. The molecular formula is C14H11FN4OS. The van der Waals surface area contributed by atoms with Crippen LogP contribution in [0.25, 0.3) is 22.5 Å². The first-order chi connectivity index (χ1) is 10.2. The van der Waals surface area contributed by atoms with Gasteiger partial charge in [0, 0.05) is 18.0 Å². The Morgan fingerprint density at radius 1 is 1.24 bits per heavy atom. The van der Waals surface area contributed by atoms with E-state index < -0.39 is 0 Å². The molecule has 0 saturated carbocycles. The molecule has 0 bridgehead atoms. The first kappa shape index (κ1) is 13.4. The number of hydrogen-bond acceptors (Lipinski definition) is 5. The van der Waals surface area contributed by atoms with Gasteiger partial charge in [-0.1, -0.05) is 0 Å². The van der Waals surface area contributed by atoms with Gasteiger partial charge in [0.2, 0.25) is 0 Å². The van der Waals surface area contributed by atoms with Gasteiger partial charge < -0.3 is 5.32 Å². The number of aromatic amines is 1. The van der Waals surface area contributed by atoms with Crippen LogP contribution in [0.3, 0.4) is 0 Å². The molecule has 0 amide bonds. The number of thiazole rings is 1. The maximum atomic E-state index is 13.0. The molecule has 0 unspecified atom stereocenters. The van der Waals surface area contributed by atoms with Gasteiger partial charge >= 0.3 is 0 Å². The highest BCUT2D eigenvalue weighted by atomic mass is 32.1. The molecule has 0 aliphatic carbocycles. The smallest absolute Gasteiger partial charge is 0.273 e. The highest BCUT2D eigenvalue weighted by molar-refractivity contribution is 7.14. The summed E-state index contributed by atoms with van der Waals surface area (Å²) in [6, 6.07) is 7.58. The summed E-state index contributed by atoms with van der Waals surface area (Å²) in [6.07, 6.45) is 0. The van der Waals surface area contributed by atoms with Crippen LogP contribution in [0.15, 0.2) is 40.5 Å². The summed E-state index contributed by atoms with van der Waals surface area (Å²) in [6.45, 7) is 0. The lowest BCUT2D eigenvalue weighted by Crippen LogP contribution is -2.11. The average Bonchev–Trinajstić information content (AvgIpc) is 2.97. The van der Waals surface area contributed by atoms with Gasteiger partial charge in [-0.15, -0.1) is 11.3 Å². The van der Waals surface area contributed by atoms with E-state index >= 15 is 0 Å². The molecule has 0 atom stereocenters. The minimum atomic E-state index is -0.318. The van der Waals surface area contributed by atoms with E-state index in [1.807, 2.05) is 0 Å². The molecule has 0 aliphatic rings. The quantitative estimate of drug-likeness (QED) is 0.780. The van der Waals surface area contributed by atoms with E-state index in [4.69, 9.17) is 0 Å². The minimum Gasteiger partial charge on any atom is -0.365 e. The van der Waals surface area contributed by atoms with Crippen LogP contribution in [-0.2, 0) is 0 Å². The Bertz CT molecular complexity index is 825. The van der Waals surface area contributed by atoms with E-state index in [2.05, 4.69) is 20.5 Å². The van der Waals surface area contributed by atoms with Crippen LogP contribution in [-0.4, -0.2) is 22.2 Å². The van der Waals surface area contributed by atoms with E-state index in [9.17, 15) is 9.18 Å². The van der Waals surface area contributed by atoms with Gasteiger partial charge in [-0.25, -0.2) is 14.5 Å². The fourth-order valence-electron chi connectivity index (χ4n) is 1.88. The Kier molecular flexibility index (Phi) is 3.49. The highest BCUT2D eigenvalue weighted by Crippen LogP contribution is 2.24. The number of nitrogens with one attached hydrogen (secondary N) is 2. The molecule has 1 aromatic carbocycles. The number of rotatable bonds is 3. The second-order valence-corrected chi connectivity index (χ2v) is 5.15. The molecule has 0 fully saturated rings. The summed E-state index contributed by atoms with van der Waals surface area (Å²) in [7, 11) is 1.77. The molecule has 2 N–H and O–H groups in total. The lowest BCUT2D eigenvalue weighted by Gasteiger charge is -2.02. The van der Waals surface area contributed by atoms with E-state index in [0.717, 1.165) is 10.7 Å². The Hall–Kier alpha value is -2.54. The van der Waals surface area contributed by atoms with Crippen LogP contribution < -0.4 is 10.9 Å². The molecule has 2 aromatic heterocycles. The maximum absolute atomic E-state index is 13.0. The van der Waals surface area contributed by atoms with Crippen LogP contribution in [0.1, 0.15) is 0 Å². The van der Waals surface area contributed by atoms with Crippen molar-refractivity contribution in [3.63, 3.8) is 0 Å². The second kappa shape index (κ2) is 5.45. The Labute approximate surface area is 123 Å². The molecule has 7 heteroatoms. The zero-order valence-corrected chi connectivity index (χ0v) is 11.9. The summed E-state index contributed by atoms with van der Waals surface area (Å²) in [5, 5.41) is 11.9. The van der Waals surface area contributed by atoms with Crippen molar-refractivity contribution < 1.29 is 4.39 Å². The fourth-order valence-corrected chi connectivity index (χ4v) is 2.55. The van der Waals surface area contributed by atoms with Crippen molar-refractivity contribution in [2.24, 2.45) is 0 Å². The number of benzene rings is 1. The van der Waals surface area contributed by atoms with E-state index in [1.165, 1.54) is 23.5 Å². The lowest BCUT2D eigenvalue weighted by atomic mass is 10.1. The molecule has 0 aliphatic heterocycles. The van der Waals surface area contributed by atoms with Crippen molar-refractivity contribution in [1.82, 2.24) is 15.2 Å². The zero-order valence-electron chi connectivity index (χ0n) is 11.1. The van der Waals surface area contributed by atoms with Crippen molar-refractivity contribution in [3.8, 4) is 22.5 Å². The maximum Gasteiger partial charge on any atom is 0.273 e. The number of nitrogens with zero attached hydrogens (tertiary/aromatic N) is 2. The van der Waals surface area contributed by atoms with Gasteiger partial charge in [0.1, 0.15) is 5.82 Å². The average molecular weight is 302 g/mol. The summed E-state index contributed by atoms with van der Waals surface area (Å²) in [4.78, 5) is 16.2. The van der Waals surface area contributed by atoms with Crippen molar-refractivity contribution in [2.45, 2.75) is 0 Å². The highest BCUT2D eigenvalue weighted by Gasteiger charge is 2.11. The predicted octanol–water partition coefficient (Wildman–Crippen LogP) is 2.74.